The molecule has 1 saturated heterocycles. The van der Waals surface area contributed by atoms with Crippen LogP contribution < -0.4 is 5.14 Å². The van der Waals surface area contributed by atoms with Crippen LogP contribution in [-0.2, 0) is 10.0 Å². The van der Waals surface area contributed by atoms with Crippen LogP contribution in [0.15, 0.2) is 5.16 Å². The van der Waals surface area contributed by atoms with E-state index in [2.05, 4.69) is 5.16 Å². The number of primary sulfonamides is 1. The number of likely N-dealkylation sites (tertiary alicyclic amines) is 1. The molecule has 7 heteroatoms. The van der Waals surface area contributed by atoms with Gasteiger partial charge in [0.15, 0.2) is 0 Å². The zero-order chi connectivity index (χ0) is 10.1. The Morgan fingerprint density at radius 1 is 1.69 bits per heavy atom. The van der Waals surface area contributed by atoms with E-state index < -0.39 is 15.3 Å². The summed E-state index contributed by atoms with van der Waals surface area (Å²) in [6.07, 6.45) is 0. The third-order valence-corrected chi connectivity index (χ3v) is 3.24. The highest BCUT2D eigenvalue weighted by Crippen LogP contribution is 2.13. The van der Waals surface area contributed by atoms with Gasteiger partial charge in [-0.1, -0.05) is 5.16 Å². The molecule has 0 spiro atoms. The van der Waals surface area contributed by atoms with Gasteiger partial charge in [-0.15, -0.1) is 0 Å². The van der Waals surface area contributed by atoms with E-state index in [0.29, 0.717) is 25.3 Å². The molecule has 0 aromatic heterocycles. The van der Waals surface area contributed by atoms with E-state index in [4.69, 9.17) is 10.3 Å². The summed E-state index contributed by atoms with van der Waals surface area (Å²) in [5.41, 5.74) is 0.563. The van der Waals surface area contributed by atoms with Crippen LogP contribution in [0.25, 0.3) is 0 Å². The standard InChI is InChI=1S/C6H13N3O3S/c1-5(8-10)2-9-3-6(4-9)13(7,11)12/h6,10H,2-4H2,1H3,(H2,7,11,12). The molecule has 0 unspecified atom stereocenters. The molecule has 0 aromatic rings. The van der Waals surface area contributed by atoms with Crippen LogP contribution in [0.2, 0.25) is 0 Å². The van der Waals surface area contributed by atoms with Crippen LogP contribution >= 0.6 is 0 Å². The maximum atomic E-state index is 10.8. The van der Waals surface area contributed by atoms with Gasteiger partial charge in [0.25, 0.3) is 0 Å². The molecule has 1 heterocycles. The fraction of sp³-hybridized carbons (Fsp3) is 0.833. The molecule has 1 rings (SSSR count). The predicted octanol–water partition coefficient (Wildman–Crippen LogP) is -1.19. The van der Waals surface area contributed by atoms with E-state index in [1.807, 2.05) is 4.90 Å². The highest BCUT2D eigenvalue weighted by atomic mass is 32.2. The molecule has 76 valence electrons. The van der Waals surface area contributed by atoms with Gasteiger partial charge in [0.2, 0.25) is 10.0 Å². The van der Waals surface area contributed by atoms with Crippen LogP contribution in [0.4, 0.5) is 0 Å². The number of nitrogens with two attached hydrogens (primary N) is 1. The molecule has 6 nitrogen and oxygen atoms in total. The van der Waals surface area contributed by atoms with Gasteiger partial charge in [0, 0.05) is 19.6 Å². The molecule has 0 radical (unpaired) electrons. The third kappa shape index (κ3) is 2.64. The summed E-state index contributed by atoms with van der Waals surface area (Å²) in [5, 5.41) is 15.8. The smallest absolute Gasteiger partial charge is 0.214 e. The predicted molar refractivity (Wildman–Crippen MR) is 48.2 cm³/mol. The van der Waals surface area contributed by atoms with Crippen LogP contribution in [0.1, 0.15) is 6.92 Å². The fourth-order valence-corrected chi connectivity index (χ4v) is 2.05. The number of oxime groups is 1. The van der Waals surface area contributed by atoms with Gasteiger partial charge in [0.05, 0.1) is 5.71 Å². The maximum Gasteiger partial charge on any atom is 0.214 e. The Morgan fingerprint density at radius 2 is 2.23 bits per heavy atom. The first kappa shape index (κ1) is 10.4. The summed E-state index contributed by atoms with van der Waals surface area (Å²) in [6, 6.07) is 0. The van der Waals surface area contributed by atoms with E-state index in [9.17, 15) is 8.42 Å². The first-order chi connectivity index (χ1) is 5.93. The summed E-state index contributed by atoms with van der Waals surface area (Å²) < 4.78 is 21.6. The first-order valence-electron chi connectivity index (χ1n) is 3.85. The molecule has 0 atom stereocenters. The highest BCUT2D eigenvalue weighted by Gasteiger charge is 2.34. The molecular formula is C6H13N3O3S. The summed E-state index contributed by atoms with van der Waals surface area (Å²) >= 11 is 0. The fourth-order valence-electron chi connectivity index (χ4n) is 1.21. The third-order valence-electron chi connectivity index (χ3n) is 2.01. The summed E-state index contributed by atoms with van der Waals surface area (Å²) in [4.78, 5) is 1.85. The molecule has 3 N–H and O–H groups in total. The van der Waals surface area contributed by atoms with Crippen LogP contribution in [0.5, 0.6) is 0 Å². The lowest BCUT2D eigenvalue weighted by atomic mass is 10.2. The van der Waals surface area contributed by atoms with Gasteiger partial charge in [-0.2, -0.15) is 0 Å². The average Bonchev–Trinajstić information content (AvgIpc) is 1.92. The lowest BCUT2D eigenvalue weighted by Gasteiger charge is -2.37. The van der Waals surface area contributed by atoms with Crippen molar-refractivity contribution in [3.8, 4) is 0 Å². The van der Waals surface area contributed by atoms with E-state index >= 15 is 0 Å². The first-order valence-corrected chi connectivity index (χ1v) is 5.46. The number of nitrogens with zero attached hydrogens (tertiary/aromatic N) is 2. The van der Waals surface area contributed by atoms with Crippen molar-refractivity contribution in [2.45, 2.75) is 12.2 Å². The van der Waals surface area contributed by atoms with Crippen LogP contribution in [0.3, 0.4) is 0 Å². The Balaban J connectivity index is 2.35. The second-order valence-corrected chi connectivity index (χ2v) is 5.09. The molecule has 13 heavy (non-hydrogen) atoms. The monoisotopic (exact) mass is 207 g/mol. The lowest BCUT2D eigenvalue weighted by molar-refractivity contribution is 0.209. The van der Waals surface area contributed by atoms with Crippen molar-refractivity contribution < 1.29 is 13.6 Å². The van der Waals surface area contributed by atoms with Crippen LogP contribution in [-0.4, -0.2) is 49.1 Å². The maximum absolute atomic E-state index is 10.8. The SMILES string of the molecule is CC(CN1CC(S(N)(=O)=O)C1)=NO. The minimum absolute atomic E-state index is 0.422. The molecule has 1 aliphatic heterocycles. The Bertz CT molecular complexity index is 305. The van der Waals surface area contributed by atoms with Crippen molar-refractivity contribution in [2.24, 2.45) is 10.3 Å². The van der Waals surface area contributed by atoms with Gasteiger partial charge in [-0.3, -0.25) is 4.90 Å². The Hall–Kier alpha value is -0.660. The zero-order valence-corrected chi connectivity index (χ0v) is 8.16. The van der Waals surface area contributed by atoms with E-state index in [-0.39, 0.29) is 0 Å². The van der Waals surface area contributed by atoms with Gasteiger partial charge in [0.1, 0.15) is 5.25 Å². The number of rotatable bonds is 3. The molecule has 0 amide bonds. The topological polar surface area (TPSA) is 96.0 Å². The Morgan fingerprint density at radius 3 is 2.62 bits per heavy atom. The second-order valence-electron chi connectivity index (χ2n) is 3.24. The van der Waals surface area contributed by atoms with Crippen molar-refractivity contribution in [3.05, 3.63) is 0 Å². The van der Waals surface area contributed by atoms with Crippen molar-refractivity contribution >= 4 is 15.7 Å². The molecule has 0 saturated carbocycles. The van der Waals surface area contributed by atoms with Gasteiger partial charge >= 0.3 is 0 Å². The highest BCUT2D eigenvalue weighted by molar-refractivity contribution is 7.89. The number of hydrogen-bond donors (Lipinski definition) is 2. The molecule has 0 aliphatic carbocycles. The number of sulfonamides is 1. The lowest BCUT2D eigenvalue weighted by Crippen LogP contribution is -2.57. The van der Waals surface area contributed by atoms with Crippen LogP contribution in [0, 0.1) is 0 Å². The van der Waals surface area contributed by atoms with Crippen molar-refractivity contribution in [1.29, 1.82) is 0 Å². The Kier molecular flexibility index (Phi) is 2.89. The van der Waals surface area contributed by atoms with Gasteiger partial charge < -0.3 is 5.21 Å². The van der Waals surface area contributed by atoms with E-state index in [1.54, 1.807) is 6.92 Å². The van der Waals surface area contributed by atoms with Gasteiger partial charge in [-0.05, 0) is 6.92 Å². The minimum atomic E-state index is -3.39. The second kappa shape index (κ2) is 3.60. The molecule has 1 fully saturated rings. The number of hydrogen-bond acceptors (Lipinski definition) is 5. The van der Waals surface area contributed by atoms with Crippen molar-refractivity contribution in [3.63, 3.8) is 0 Å². The summed E-state index contributed by atoms with van der Waals surface area (Å²) in [6.45, 7) is 3.00. The zero-order valence-electron chi connectivity index (χ0n) is 7.34. The normalized spacial score (nSPS) is 21.5. The molecule has 1 aliphatic rings. The quantitative estimate of drug-likeness (QED) is 0.345. The van der Waals surface area contributed by atoms with E-state index in [0.717, 1.165) is 0 Å². The molecule has 0 bridgehead atoms. The molecular weight excluding hydrogens is 194 g/mol. The molecule has 0 aromatic carbocycles. The van der Waals surface area contributed by atoms with Crippen molar-refractivity contribution in [2.75, 3.05) is 19.6 Å². The van der Waals surface area contributed by atoms with Crippen molar-refractivity contribution in [1.82, 2.24) is 4.90 Å². The summed E-state index contributed by atoms with van der Waals surface area (Å²) in [5.74, 6) is 0. The van der Waals surface area contributed by atoms with E-state index in [1.165, 1.54) is 0 Å². The largest absolute Gasteiger partial charge is 0.411 e. The Labute approximate surface area is 77.1 Å². The van der Waals surface area contributed by atoms with Gasteiger partial charge in [-0.25, -0.2) is 13.6 Å². The average molecular weight is 207 g/mol. The minimum Gasteiger partial charge on any atom is -0.411 e. The summed E-state index contributed by atoms with van der Waals surface area (Å²) in [7, 11) is -3.39.